The summed E-state index contributed by atoms with van der Waals surface area (Å²) in [6.07, 6.45) is 8.37. The smallest absolute Gasteiger partial charge is 0.0738 e. The summed E-state index contributed by atoms with van der Waals surface area (Å²) in [6, 6.07) is 16.9. The number of nitrogens with one attached hydrogen (secondary N) is 2. The maximum Gasteiger partial charge on any atom is 0.0738 e. The SMILES string of the molecule is C1=Cc2nc1cc1ccc(cc3ccc([nH]3)c(-c3ccsc3)c3nc(c2-c2ccsc2)C=C3)[nH]1. The number of hydrogen-bond acceptors (Lipinski definition) is 4. The molecular weight excluding hydrogens is 456 g/mol. The number of fused-ring (bicyclic) bond motifs is 8. The van der Waals surface area contributed by atoms with Crippen molar-refractivity contribution < 1.29 is 0 Å². The molecule has 8 bridgehead atoms. The normalized spacial score (nSPS) is 12.5. The van der Waals surface area contributed by atoms with E-state index in [9.17, 15) is 0 Å². The Morgan fingerprint density at radius 3 is 1.94 bits per heavy atom. The Bertz CT molecular complexity index is 1750. The first-order valence-electron chi connectivity index (χ1n) is 11.0. The van der Waals surface area contributed by atoms with Crippen molar-refractivity contribution in [2.75, 3.05) is 0 Å². The van der Waals surface area contributed by atoms with Crippen molar-refractivity contribution in [2.24, 2.45) is 0 Å². The molecule has 2 aliphatic heterocycles. The lowest BCUT2D eigenvalue weighted by molar-refractivity contribution is 1.28. The molecule has 2 aliphatic rings. The fraction of sp³-hybridized carbons (Fsp3) is 0. The quantitative estimate of drug-likeness (QED) is 0.266. The lowest BCUT2D eigenvalue weighted by Crippen LogP contribution is -1.88. The number of nitrogens with zero attached hydrogens (tertiary/aromatic N) is 2. The van der Waals surface area contributed by atoms with E-state index in [1.54, 1.807) is 22.7 Å². The minimum Gasteiger partial charge on any atom is -0.355 e. The lowest BCUT2D eigenvalue weighted by atomic mass is 10.1. The summed E-state index contributed by atoms with van der Waals surface area (Å²) in [4.78, 5) is 17.2. The highest BCUT2D eigenvalue weighted by Gasteiger charge is 2.17. The largest absolute Gasteiger partial charge is 0.355 e. The second kappa shape index (κ2) is 7.80. The van der Waals surface area contributed by atoms with Gasteiger partial charge in [-0.25, -0.2) is 9.97 Å². The lowest BCUT2D eigenvalue weighted by Gasteiger charge is -2.02. The summed E-state index contributed by atoms with van der Waals surface area (Å²) < 4.78 is 0. The van der Waals surface area contributed by atoms with Crippen molar-refractivity contribution in [3.05, 3.63) is 92.8 Å². The molecule has 0 saturated heterocycles. The molecule has 5 aromatic heterocycles. The molecule has 0 saturated carbocycles. The van der Waals surface area contributed by atoms with Crippen LogP contribution >= 0.6 is 22.7 Å². The maximum absolute atomic E-state index is 5.14. The van der Waals surface area contributed by atoms with Crippen LogP contribution in [0.3, 0.4) is 0 Å². The van der Waals surface area contributed by atoms with Crippen LogP contribution in [0.15, 0.2) is 70.1 Å². The molecule has 0 radical (unpaired) electrons. The molecule has 0 amide bonds. The molecule has 0 unspecified atom stereocenters. The molecule has 6 heteroatoms. The van der Waals surface area contributed by atoms with Crippen molar-refractivity contribution in [3.63, 3.8) is 0 Å². The van der Waals surface area contributed by atoms with Gasteiger partial charge in [-0.15, -0.1) is 0 Å². The zero-order valence-electron chi connectivity index (χ0n) is 17.9. The first kappa shape index (κ1) is 19.5. The number of H-pyrrole nitrogens is 2. The molecule has 0 aliphatic carbocycles. The monoisotopic (exact) mass is 474 g/mol. The summed E-state index contributed by atoms with van der Waals surface area (Å²) in [5, 5.41) is 8.54. The Labute approximate surface area is 203 Å². The molecule has 34 heavy (non-hydrogen) atoms. The van der Waals surface area contributed by atoms with Crippen molar-refractivity contribution in [3.8, 4) is 22.3 Å². The molecular formula is C28H18N4S2. The summed E-state index contributed by atoms with van der Waals surface area (Å²) in [7, 11) is 0. The zero-order chi connectivity index (χ0) is 22.5. The average molecular weight is 475 g/mol. The van der Waals surface area contributed by atoms with E-state index < -0.39 is 0 Å². The van der Waals surface area contributed by atoms with E-state index in [1.807, 2.05) is 0 Å². The third kappa shape index (κ3) is 3.36. The van der Waals surface area contributed by atoms with Crippen LogP contribution in [0.4, 0.5) is 0 Å². The van der Waals surface area contributed by atoms with Gasteiger partial charge in [0, 0.05) is 33.2 Å². The van der Waals surface area contributed by atoms with Gasteiger partial charge in [0.15, 0.2) is 0 Å². The van der Waals surface area contributed by atoms with E-state index in [2.05, 4.69) is 104 Å². The number of aromatic amines is 2. The van der Waals surface area contributed by atoms with Gasteiger partial charge in [0.05, 0.1) is 22.8 Å². The van der Waals surface area contributed by atoms with E-state index in [-0.39, 0.29) is 0 Å². The van der Waals surface area contributed by atoms with Gasteiger partial charge in [0.25, 0.3) is 0 Å². The average Bonchev–Trinajstić information content (AvgIpc) is 3.67. The minimum absolute atomic E-state index is 0.919. The topological polar surface area (TPSA) is 57.4 Å². The second-order valence-electron chi connectivity index (χ2n) is 8.23. The summed E-state index contributed by atoms with van der Waals surface area (Å²) in [5.41, 5.74) is 12.3. The Hall–Kier alpha value is -4.00. The first-order chi connectivity index (χ1) is 16.8. The first-order valence-corrected chi connectivity index (χ1v) is 12.8. The summed E-state index contributed by atoms with van der Waals surface area (Å²) in [6.45, 7) is 0. The van der Waals surface area contributed by atoms with Gasteiger partial charge in [-0.05, 0) is 105 Å². The van der Waals surface area contributed by atoms with E-state index >= 15 is 0 Å². The van der Waals surface area contributed by atoms with Crippen molar-refractivity contribution in [1.29, 1.82) is 0 Å². The van der Waals surface area contributed by atoms with Crippen LogP contribution in [0.2, 0.25) is 0 Å². The maximum atomic E-state index is 5.14. The van der Waals surface area contributed by atoms with Gasteiger partial charge in [0.1, 0.15) is 0 Å². The van der Waals surface area contributed by atoms with Gasteiger partial charge in [-0.3, -0.25) is 0 Å². The highest BCUT2D eigenvalue weighted by Crippen LogP contribution is 2.35. The van der Waals surface area contributed by atoms with E-state index in [4.69, 9.17) is 9.97 Å². The molecule has 0 atom stereocenters. The molecule has 0 aromatic carbocycles. The van der Waals surface area contributed by atoms with Crippen LogP contribution < -0.4 is 0 Å². The summed E-state index contributed by atoms with van der Waals surface area (Å²) >= 11 is 3.38. The Morgan fingerprint density at radius 2 is 1.18 bits per heavy atom. The standard InChI is InChI=1S/C28H18N4S2/c1-2-20-14-22-4-6-24(31-22)28(18-10-12-34-16-18)26-8-7-25(32-26)27(17-9-11-33-15-17)23-5-3-21(30-23)13-19(1)29-20/h1-16,29-30H. The predicted octanol–water partition coefficient (Wildman–Crippen LogP) is 8.11. The number of rotatable bonds is 2. The summed E-state index contributed by atoms with van der Waals surface area (Å²) in [5.74, 6) is 0. The fourth-order valence-corrected chi connectivity index (χ4v) is 5.78. The molecule has 2 N–H and O–H groups in total. The van der Waals surface area contributed by atoms with Gasteiger partial charge in [-0.1, -0.05) is 0 Å². The molecule has 7 heterocycles. The minimum atomic E-state index is 0.919. The third-order valence-corrected chi connectivity index (χ3v) is 7.38. The van der Waals surface area contributed by atoms with Crippen LogP contribution in [0.5, 0.6) is 0 Å². The second-order valence-corrected chi connectivity index (χ2v) is 9.79. The Morgan fingerprint density at radius 1 is 0.559 bits per heavy atom. The zero-order valence-corrected chi connectivity index (χ0v) is 19.6. The predicted molar refractivity (Wildman–Crippen MR) is 145 cm³/mol. The van der Waals surface area contributed by atoms with E-state index in [0.29, 0.717) is 0 Å². The number of thiophene rings is 2. The molecule has 5 aromatic rings. The van der Waals surface area contributed by atoms with Crippen LogP contribution in [-0.2, 0) is 0 Å². The van der Waals surface area contributed by atoms with Crippen LogP contribution in [0.1, 0.15) is 22.8 Å². The van der Waals surface area contributed by atoms with E-state index in [0.717, 1.165) is 67.1 Å². The van der Waals surface area contributed by atoms with Gasteiger partial charge < -0.3 is 9.97 Å². The van der Waals surface area contributed by atoms with Gasteiger partial charge in [0.2, 0.25) is 0 Å². The van der Waals surface area contributed by atoms with Crippen molar-refractivity contribution >= 4 is 69.0 Å². The highest BCUT2D eigenvalue weighted by molar-refractivity contribution is 7.08. The van der Waals surface area contributed by atoms with Gasteiger partial charge in [-0.2, -0.15) is 22.7 Å². The van der Waals surface area contributed by atoms with E-state index in [1.165, 1.54) is 0 Å². The van der Waals surface area contributed by atoms with Crippen molar-refractivity contribution in [2.45, 2.75) is 0 Å². The number of hydrogen-bond donors (Lipinski definition) is 2. The molecule has 0 spiro atoms. The van der Waals surface area contributed by atoms with Crippen LogP contribution in [0.25, 0.3) is 68.6 Å². The van der Waals surface area contributed by atoms with Gasteiger partial charge >= 0.3 is 0 Å². The Balaban J connectivity index is 1.65. The molecule has 0 fully saturated rings. The molecule has 4 nitrogen and oxygen atoms in total. The Kier molecular flexibility index (Phi) is 4.46. The highest BCUT2D eigenvalue weighted by atomic mass is 32.1. The number of aromatic nitrogens is 4. The van der Waals surface area contributed by atoms with Crippen LogP contribution in [0, 0.1) is 0 Å². The van der Waals surface area contributed by atoms with Crippen LogP contribution in [-0.4, -0.2) is 19.9 Å². The third-order valence-electron chi connectivity index (χ3n) is 6.01. The fourth-order valence-electron chi connectivity index (χ4n) is 4.49. The van der Waals surface area contributed by atoms with Crippen molar-refractivity contribution in [1.82, 2.24) is 19.9 Å². The molecule has 7 rings (SSSR count). The molecule has 162 valence electrons.